The van der Waals surface area contributed by atoms with E-state index in [1.807, 2.05) is 19.1 Å². The van der Waals surface area contributed by atoms with E-state index >= 15 is 0 Å². The molecule has 1 rings (SSSR count). The van der Waals surface area contributed by atoms with Crippen molar-refractivity contribution in [3.05, 3.63) is 21.3 Å². The van der Waals surface area contributed by atoms with E-state index in [1.165, 1.54) is 4.88 Å². The van der Waals surface area contributed by atoms with Gasteiger partial charge in [-0.05, 0) is 25.5 Å². The number of carboxylic acids is 1. The van der Waals surface area contributed by atoms with Crippen LogP contribution in [-0.2, 0) is 11.2 Å². The van der Waals surface area contributed by atoms with E-state index in [2.05, 4.69) is 5.32 Å². The van der Waals surface area contributed by atoms with E-state index < -0.39 is 5.97 Å². The Morgan fingerprint density at radius 3 is 2.93 bits per heavy atom. The molecule has 5 heteroatoms. The summed E-state index contributed by atoms with van der Waals surface area (Å²) in [6.45, 7) is 2.65. The lowest BCUT2D eigenvalue weighted by Gasteiger charge is -2.10. The number of aliphatic carboxylic acids is 1. The number of hydrogen-bond acceptors (Lipinski definition) is 3. The summed E-state index contributed by atoms with van der Waals surface area (Å²) in [6, 6.07) is 3.89. The number of carbonyl (C=O) groups is 1. The molecule has 0 radical (unpaired) electrons. The van der Waals surface area contributed by atoms with Gasteiger partial charge in [0.05, 0.1) is 10.8 Å². The maximum Gasteiger partial charge on any atom is 0.304 e. The highest BCUT2D eigenvalue weighted by molar-refractivity contribution is 7.16. The highest BCUT2D eigenvalue weighted by atomic mass is 35.5. The summed E-state index contributed by atoms with van der Waals surface area (Å²) in [6.07, 6.45) is 1.05. The third-order valence-corrected chi connectivity index (χ3v) is 3.26. The van der Waals surface area contributed by atoms with E-state index in [0.29, 0.717) is 0 Å². The van der Waals surface area contributed by atoms with Gasteiger partial charge in [-0.3, -0.25) is 4.79 Å². The van der Waals surface area contributed by atoms with Crippen molar-refractivity contribution in [2.45, 2.75) is 25.8 Å². The van der Waals surface area contributed by atoms with Crippen LogP contribution in [0.4, 0.5) is 0 Å². The quantitative estimate of drug-likeness (QED) is 0.812. The Kier molecular flexibility index (Phi) is 5.08. The molecule has 0 aliphatic carbocycles. The summed E-state index contributed by atoms with van der Waals surface area (Å²) in [4.78, 5) is 11.6. The van der Waals surface area contributed by atoms with Crippen molar-refractivity contribution in [2.75, 3.05) is 6.54 Å². The Labute approximate surface area is 98.1 Å². The minimum atomic E-state index is -0.769. The highest BCUT2D eigenvalue weighted by Crippen LogP contribution is 2.21. The van der Waals surface area contributed by atoms with Gasteiger partial charge in [0.25, 0.3) is 0 Å². The number of carboxylic acid groups (broad SMARTS) is 1. The van der Waals surface area contributed by atoms with Crippen LogP contribution in [0.3, 0.4) is 0 Å². The monoisotopic (exact) mass is 247 g/mol. The molecule has 0 saturated carbocycles. The lowest BCUT2D eigenvalue weighted by atomic mass is 10.2. The average Bonchev–Trinajstić information content (AvgIpc) is 2.50. The van der Waals surface area contributed by atoms with E-state index in [-0.39, 0.29) is 12.5 Å². The van der Waals surface area contributed by atoms with Crippen LogP contribution in [0.5, 0.6) is 0 Å². The van der Waals surface area contributed by atoms with Gasteiger partial charge in [0.2, 0.25) is 0 Å². The molecule has 1 heterocycles. The fourth-order valence-electron chi connectivity index (χ4n) is 1.26. The standard InChI is InChI=1S/C10H14ClNO2S/c1-7(6-10(13)14)12-5-4-8-2-3-9(11)15-8/h2-3,7,12H,4-6H2,1H3,(H,13,14). The normalized spacial score (nSPS) is 12.7. The molecule has 0 aromatic carbocycles. The smallest absolute Gasteiger partial charge is 0.304 e. The molecular formula is C10H14ClNO2S. The van der Waals surface area contributed by atoms with Gasteiger partial charge in [-0.1, -0.05) is 11.6 Å². The molecule has 0 amide bonds. The minimum Gasteiger partial charge on any atom is -0.481 e. The van der Waals surface area contributed by atoms with Gasteiger partial charge in [-0.2, -0.15) is 0 Å². The fraction of sp³-hybridized carbons (Fsp3) is 0.500. The zero-order valence-electron chi connectivity index (χ0n) is 8.50. The number of rotatable bonds is 6. The largest absolute Gasteiger partial charge is 0.481 e. The second-order valence-corrected chi connectivity index (χ2v) is 5.21. The topological polar surface area (TPSA) is 49.3 Å². The second kappa shape index (κ2) is 6.10. The van der Waals surface area contributed by atoms with Crippen LogP contribution in [-0.4, -0.2) is 23.7 Å². The van der Waals surface area contributed by atoms with Crippen LogP contribution in [0.2, 0.25) is 4.34 Å². The van der Waals surface area contributed by atoms with Gasteiger partial charge in [-0.15, -0.1) is 11.3 Å². The van der Waals surface area contributed by atoms with E-state index in [0.717, 1.165) is 17.3 Å². The molecular weight excluding hydrogens is 234 g/mol. The van der Waals surface area contributed by atoms with Gasteiger partial charge in [0, 0.05) is 17.5 Å². The Morgan fingerprint density at radius 1 is 1.67 bits per heavy atom. The van der Waals surface area contributed by atoms with Gasteiger partial charge < -0.3 is 10.4 Å². The van der Waals surface area contributed by atoms with Gasteiger partial charge in [0.15, 0.2) is 0 Å². The molecule has 0 aliphatic heterocycles. The molecule has 3 nitrogen and oxygen atoms in total. The summed E-state index contributed by atoms with van der Waals surface area (Å²) in [5.74, 6) is -0.769. The zero-order valence-corrected chi connectivity index (χ0v) is 10.1. The van der Waals surface area contributed by atoms with Crippen molar-refractivity contribution in [1.82, 2.24) is 5.32 Å². The molecule has 1 atom stereocenters. The SMILES string of the molecule is CC(CC(=O)O)NCCc1ccc(Cl)s1. The van der Waals surface area contributed by atoms with Crippen molar-refractivity contribution >= 4 is 28.9 Å². The Bertz CT molecular complexity index is 327. The summed E-state index contributed by atoms with van der Waals surface area (Å²) in [7, 11) is 0. The number of hydrogen-bond donors (Lipinski definition) is 2. The maximum atomic E-state index is 10.4. The summed E-state index contributed by atoms with van der Waals surface area (Å²) in [5, 5.41) is 11.7. The first-order valence-electron chi connectivity index (χ1n) is 4.77. The van der Waals surface area contributed by atoms with Crippen LogP contribution >= 0.6 is 22.9 Å². The van der Waals surface area contributed by atoms with Crippen molar-refractivity contribution in [3.8, 4) is 0 Å². The van der Waals surface area contributed by atoms with Crippen LogP contribution < -0.4 is 5.32 Å². The fourth-order valence-corrected chi connectivity index (χ4v) is 2.35. The lowest BCUT2D eigenvalue weighted by molar-refractivity contribution is -0.137. The number of halogens is 1. The van der Waals surface area contributed by atoms with Gasteiger partial charge in [-0.25, -0.2) is 0 Å². The molecule has 84 valence electrons. The van der Waals surface area contributed by atoms with E-state index in [9.17, 15) is 4.79 Å². The van der Waals surface area contributed by atoms with Crippen LogP contribution in [0.15, 0.2) is 12.1 Å². The summed E-state index contributed by atoms with van der Waals surface area (Å²) < 4.78 is 0.795. The molecule has 0 fully saturated rings. The number of nitrogens with one attached hydrogen (secondary N) is 1. The first-order chi connectivity index (χ1) is 7.08. The summed E-state index contributed by atoms with van der Waals surface area (Å²) in [5.41, 5.74) is 0. The van der Waals surface area contributed by atoms with Gasteiger partial charge >= 0.3 is 5.97 Å². The summed E-state index contributed by atoms with van der Waals surface area (Å²) >= 11 is 7.35. The Morgan fingerprint density at radius 2 is 2.40 bits per heavy atom. The molecule has 1 aromatic heterocycles. The molecule has 0 saturated heterocycles. The predicted molar refractivity (Wildman–Crippen MR) is 62.8 cm³/mol. The Hall–Kier alpha value is -0.580. The molecule has 1 unspecified atom stereocenters. The zero-order chi connectivity index (χ0) is 11.3. The van der Waals surface area contributed by atoms with Crippen molar-refractivity contribution in [2.24, 2.45) is 0 Å². The molecule has 15 heavy (non-hydrogen) atoms. The number of thiophene rings is 1. The van der Waals surface area contributed by atoms with E-state index in [1.54, 1.807) is 11.3 Å². The molecule has 2 N–H and O–H groups in total. The van der Waals surface area contributed by atoms with E-state index in [4.69, 9.17) is 16.7 Å². The minimum absolute atomic E-state index is 0.0120. The molecule has 0 aliphatic rings. The van der Waals surface area contributed by atoms with Crippen LogP contribution in [0.1, 0.15) is 18.2 Å². The van der Waals surface area contributed by atoms with Crippen molar-refractivity contribution in [3.63, 3.8) is 0 Å². The first kappa shape index (κ1) is 12.5. The molecule has 1 aromatic rings. The van der Waals surface area contributed by atoms with Crippen molar-refractivity contribution < 1.29 is 9.90 Å². The maximum absolute atomic E-state index is 10.4. The van der Waals surface area contributed by atoms with Crippen LogP contribution in [0.25, 0.3) is 0 Å². The third-order valence-electron chi connectivity index (χ3n) is 1.97. The first-order valence-corrected chi connectivity index (χ1v) is 5.97. The lowest BCUT2D eigenvalue weighted by Crippen LogP contribution is -2.30. The van der Waals surface area contributed by atoms with Crippen molar-refractivity contribution in [1.29, 1.82) is 0 Å². The molecule has 0 spiro atoms. The van der Waals surface area contributed by atoms with Crippen LogP contribution in [0, 0.1) is 0 Å². The second-order valence-electron chi connectivity index (χ2n) is 3.41. The predicted octanol–water partition coefficient (Wildman–Crippen LogP) is 2.40. The average molecular weight is 248 g/mol. The molecule has 0 bridgehead atoms. The highest BCUT2D eigenvalue weighted by Gasteiger charge is 2.06. The third kappa shape index (κ3) is 5.16. The Balaban J connectivity index is 2.18. The van der Waals surface area contributed by atoms with Gasteiger partial charge in [0.1, 0.15) is 0 Å².